The minimum Gasteiger partial charge on any atom is -0.468 e. The highest BCUT2D eigenvalue weighted by Gasteiger charge is 2.30. The number of carbonyl (C=O) groups excluding carboxylic acids is 1. The molecule has 0 saturated carbocycles. The normalized spacial score (nSPS) is 14.6. The molecule has 1 N–H and O–H groups in total. The van der Waals surface area contributed by atoms with Crippen LogP contribution in [-0.4, -0.2) is 63.0 Å². The molecule has 0 amide bonds. The van der Waals surface area contributed by atoms with Crippen molar-refractivity contribution in [2.75, 3.05) is 38.2 Å². The maximum absolute atomic E-state index is 13.2. The number of nitrogens with one attached hydrogen (secondary N) is 1. The fraction of sp³-hybridized carbons (Fsp3) is 0.226. The van der Waals surface area contributed by atoms with Gasteiger partial charge in [-0.2, -0.15) is 17.4 Å². The van der Waals surface area contributed by atoms with Gasteiger partial charge in [-0.25, -0.2) is 9.37 Å². The number of anilines is 1. The van der Waals surface area contributed by atoms with Gasteiger partial charge in [0.1, 0.15) is 11.9 Å². The van der Waals surface area contributed by atoms with Gasteiger partial charge in [0.2, 0.25) is 5.89 Å². The second kappa shape index (κ2) is 12.6. The van der Waals surface area contributed by atoms with Crippen LogP contribution < -0.4 is 9.62 Å². The summed E-state index contributed by atoms with van der Waals surface area (Å²) in [5, 5.41) is 0. The number of hydrogen-bond acceptors (Lipinski definition) is 7. The summed E-state index contributed by atoms with van der Waals surface area (Å²) >= 11 is 0. The van der Waals surface area contributed by atoms with E-state index in [0.717, 1.165) is 27.9 Å². The average molecular weight is 589 g/mol. The quantitative estimate of drug-likeness (QED) is 0.256. The van der Waals surface area contributed by atoms with Gasteiger partial charge in [0, 0.05) is 54.1 Å². The Hall–Kier alpha value is -4.50. The summed E-state index contributed by atoms with van der Waals surface area (Å²) in [5.74, 6) is 6.40. The largest absolute Gasteiger partial charge is 0.468 e. The van der Waals surface area contributed by atoms with Crippen molar-refractivity contribution in [3.8, 4) is 34.6 Å². The molecule has 1 saturated heterocycles. The Morgan fingerprint density at radius 2 is 1.67 bits per heavy atom. The van der Waals surface area contributed by atoms with Gasteiger partial charge in [-0.1, -0.05) is 17.9 Å². The summed E-state index contributed by atoms with van der Waals surface area (Å²) in [6.45, 7) is 3.04. The number of nitrogens with zero attached hydrogens (tertiary/aromatic N) is 3. The number of ether oxygens (including phenoxy) is 1. The van der Waals surface area contributed by atoms with Crippen LogP contribution in [0.1, 0.15) is 18.1 Å². The van der Waals surface area contributed by atoms with E-state index < -0.39 is 22.2 Å². The molecule has 4 aromatic rings. The second-order valence-corrected chi connectivity index (χ2v) is 11.4. The van der Waals surface area contributed by atoms with Crippen molar-refractivity contribution >= 4 is 21.9 Å². The molecule has 5 rings (SSSR count). The number of halogens is 1. The minimum absolute atomic E-state index is 0.289. The Balaban J connectivity index is 1.20. The Morgan fingerprint density at radius 1 is 0.976 bits per heavy atom. The molecule has 1 aliphatic rings. The van der Waals surface area contributed by atoms with Crippen LogP contribution in [0, 0.1) is 17.7 Å². The van der Waals surface area contributed by atoms with Crippen LogP contribution in [0.15, 0.2) is 83.4 Å². The molecule has 11 heteroatoms. The van der Waals surface area contributed by atoms with Gasteiger partial charge < -0.3 is 14.1 Å². The molecular weight excluding hydrogens is 559 g/mol. The predicted molar refractivity (Wildman–Crippen MR) is 157 cm³/mol. The fourth-order valence-corrected chi connectivity index (χ4v) is 5.83. The zero-order valence-corrected chi connectivity index (χ0v) is 23.9. The van der Waals surface area contributed by atoms with Gasteiger partial charge in [-0.05, 0) is 73.7 Å². The highest BCUT2D eigenvalue weighted by molar-refractivity contribution is 7.87. The van der Waals surface area contributed by atoms with Gasteiger partial charge in [0.05, 0.1) is 13.3 Å². The fourth-order valence-electron chi connectivity index (χ4n) is 4.49. The zero-order chi connectivity index (χ0) is 29.7. The molecule has 1 atom stereocenters. The molecule has 42 heavy (non-hydrogen) atoms. The van der Waals surface area contributed by atoms with Crippen LogP contribution in [0.3, 0.4) is 0 Å². The number of methoxy groups -OCH3 is 1. The van der Waals surface area contributed by atoms with E-state index in [9.17, 15) is 17.6 Å². The standard InChI is InChI=1S/C31H29FN4O5S/c1-22(31(37)40-2)34-42(38,39)36-18-16-35(17-19-36)28-14-8-23(9-15-28)6-7-24-4-3-5-26(20-24)30-33-21-29(41-30)25-10-12-27(32)13-11-25/h3-5,8-15,20-22,34H,16-19H2,1-2H3. The van der Waals surface area contributed by atoms with Gasteiger partial charge in [-0.3, -0.25) is 4.79 Å². The number of piperazine rings is 1. The van der Waals surface area contributed by atoms with Crippen LogP contribution in [0.2, 0.25) is 0 Å². The second-order valence-electron chi connectivity index (χ2n) is 9.67. The van der Waals surface area contributed by atoms with E-state index in [1.54, 1.807) is 18.3 Å². The number of rotatable bonds is 7. The van der Waals surface area contributed by atoms with E-state index in [1.165, 1.54) is 30.5 Å². The SMILES string of the molecule is COC(=O)C(C)NS(=O)(=O)N1CCN(c2ccc(C#Cc3cccc(-c4ncc(-c5ccc(F)cc5)o4)c3)cc2)CC1. The summed E-state index contributed by atoms with van der Waals surface area (Å²) in [5.41, 5.74) is 4.12. The molecule has 3 aromatic carbocycles. The highest BCUT2D eigenvalue weighted by atomic mass is 32.2. The molecule has 1 aromatic heterocycles. The van der Waals surface area contributed by atoms with Gasteiger partial charge in [-0.15, -0.1) is 0 Å². The number of aromatic nitrogens is 1. The topological polar surface area (TPSA) is 105 Å². The number of oxazole rings is 1. The Bertz CT molecular complexity index is 1720. The van der Waals surface area contributed by atoms with Crippen LogP contribution in [0.4, 0.5) is 10.1 Å². The summed E-state index contributed by atoms with van der Waals surface area (Å²) in [6, 6.07) is 20.4. The van der Waals surface area contributed by atoms with Crippen molar-refractivity contribution in [3.63, 3.8) is 0 Å². The van der Waals surface area contributed by atoms with Gasteiger partial charge in [0.15, 0.2) is 5.76 Å². The van der Waals surface area contributed by atoms with Crippen LogP contribution >= 0.6 is 0 Å². The smallest absolute Gasteiger partial charge is 0.323 e. The third kappa shape index (κ3) is 6.86. The Labute approximate surface area is 244 Å². The number of esters is 1. The Morgan fingerprint density at radius 3 is 2.36 bits per heavy atom. The van der Waals surface area contributed by atoms with E-state index in [1.807, 2.05) is 48.5 Å². The molecule has 0 bridgehead atoms. The van der Waals surface area contributed by atoms with Gasteiger partial charge >= 0.3 is 5.97 Å². The van der Waals surface area contributed by atoms with Crippen LogP contribution in [-0.2, 0) is 19.7 Å². The number of carbonyl (C=O) groups is 1. The molecular formula is C31H29FN4O5S. The molecule has 0 spiro atoms. The lowest BCUT2D eigenvalue weighted by Crippen LogP contribution is -2.54. The summed E-state index contributed by atoms with van der Waals surface area (Å²) in [7, 11) is -2.59. The molecule has 2 heterocycles. The lowest BCUT2D eigenvalue weighted by molar-refractivity contribution is -0.142. The summed E-state index contributed by atoms with van der Waals surface area (Å²) < 4.78 is 52.6. The van der Waals surface area contributed by atoms with E-state index >= 15 is 0 Å². The first-order chi connectivity index (χ1) is 20.2. The first kappa shape index (κ1) is 29.0. The van der Waals surface area contributed by atoms with E-state index in [2.05, 4.69) is 31.2 Å². The molecule has 216 valence electrons. The van der Waals surface area contributed by atoms with E-state index in [-0.39, 0.29) is 18.9 Å². The highest BCUT2D eigenvalue weighted by Crippen LogP contribution is 2.26. The Kier molecular flexibility index (Phi) is 8.68. The molecule has 1 unspecified atom stereocenters. The molecule has 1 fully saturated rings. The van der Waals surface area contributed by atoms with Crippen molar-refractivity contribution < 1.29 is 26.8 Å². The molecule has 0 radical (unpaired) electrons. The zero-order valence-electron chi connectivity index (χ0n) is 23.1. The van der Waals surface area contributed by atoms with Crippen molar-refractivity contribution in [1.82, 2.24) is 14.0 Å². The number of hydrogen-bond donors (Lipinski definition) is 1. The van der Waals surface area contributed by atoms with Crippen LogP contribution in [0.5, 0.6) is 0 Å². The maximum Gasteiger partial charge on any atom is 0.323 e. The van der Waals surface area contributed by atoms with Gasteiger partial charge in [0.25, 0.3) is 10.2 Å². The number of benzene rings is 3. The first-order valence-electron chi connectivity index (χ1n) is 13.3. The van der Waals surface area contributed by atoms with E-state index in [4.69, 9.17) is 4.42 Å². The summed E-state index contributed by atoms with van der Waals surface area (Å²) in [6.07, 6.45) is 1.61. The predicted octanol–water partition coefficient (Wildman–Crippen LogP) is 4.07. The van der Waals surface area contributed by atoms with Crippen LogP contribution in [0.25, 0.3) is 22.8 Å². The monoisotopic (exact) mass is 588 g/mol. The molecule has 9 nitrogen and oxygen atoms in total. The first-order valence-corrected chi connectivity index (χ1v) is 14.7. The summed E-state index contributed by atoms with van der Waals surface area (Å²) in [4.78, 5) is 18.1. The third-order valence-electron chi connectivity index (χ3n) is 6.79. The molecule has 0 aliphatic carbocycles. The van der Waals surface area contributed by atoms with Crippen molar-refractivity contribution in [1.29, 1.82) is 0 Å². The van der Waals surface area contributed by atoms with E-state index in [0.29, 0.717) is 24.7 Å². The van der Waals surface area contributed by atoms with Crippen molar-refractivity contribution in [2.45, 2.75) is 13.0 Å². The third-order valence-corrected chi connectivity index (χ3v) is 8.48. The maximum atomic E-state index is 13.2. The molecule has 1 aliphatic heterocycles. The average Bonchev–Trinajstić information content (AvgIpc) is 3.51. The lowest BCUT2D eigenvalue weighted by atomic mass is 10.1. The van der Waals surface area contributed by atoms with Crippen molar-refractivity contribution in [3.05, 3.63) is 95.9 Å². The van der Waals surface area contributed by atoms with Crippen molar-refractivity contribution in [2.24, 2.45) is 0 Å². The lowest BCUT2D eigenvalue weighted by Gasteiger charge is -2.35. The minimum atomic E-state index is -3.80.